The molecule has 0 aliphatic heterocycles. The summed E-state index contributed by atoms with van der Waals surface area (Å²) in [6, 6.07) is 1.68. The van der Waals surface area contributed by atoms with Crippen LogP contribution >= 0.6 is 22.7 Å². The van der Waals surface area contributed by atoms with E-state index in [1.807, 2.05) is 6.92 Å². The maximum absolute atomic E-state index is 12.8. The van der Waals surface area contributed by atoms with Gasteiger partial charge in [-0.2, -0.15) is 4.39 Å². The first-order chi connectivity index (χ1) is 5.18. The quantitative estimate of drug-likeness (QED) is 0.596. The van der Waals surface area contributed by atoms with Crippen LogP contribution in [0.3, 0.4) is 0 Å². The normalized spacial score (nSPS) is 11.2. The van der Waals surface area contributed by atoms with E-state index in [2.05, 4.69) is 0 Å². The van der Waals surface area contributed by atoms with Crippen molar-refractivity contribution >= 4 is 32.1 Å². The van der Waals surface area contributed by atoms with Crippen LogP contribution in [-0.2, 0) is 0 Å². The van der Waals surface area contributed by atoms with Crippen LogP contribution in [-0.4, -0.2) is 0 Å². The Balaban J connectivity index is 2.88. The molecule has 0 unspecified atom stereocenters. The largest absolute Gasteiger partial charge is 0.214 e. The average Bonchev–Trinajstić information content (AvgIpc) is 2.37. The number of hydrogen-bond acceptors (Lipinski definition) is 2. The second kappa shape index (κ2) is 2.25. The smallest absolute Gasteiger partial charge is 0.202 e. The first-order valence-corrected chi connectivity index (χ1v) is 4.65. The van der Waals surface area contributed by atoms with Gasteiger partial charge in [0.25, 0.3) is 0 Å². The number of hydrogen-bond donors (Lipinski definition) is 0. The molecule has 0 atom stereocenters. The molecule has 0 bridgehead atoms. The van der Waals surface area contributed by atoms with E-state index in [4.69, 9.17) is 0 Å². The van der Waals surface area contributed by atoms with Crippen molar-refractivity contribution in [3.8, 4) is 0 Å². The molecule has 0 aliphatic rings. The van der Waals surface area contributed by atoms with Crippen molar-refractivity contribution < 1.29 is 8.78 Å². The van der Waals surface area contributed by atoms with Gasteiger partial charge in [-0.3, -0.25) is 0 Å². The predicted octanol–water partition coefficient (Wildman–Crippen LogP) is 3.55. The van der Waals surface area contributed by atoms with E-state index in [0.29, 0.717) is 5.39 Å². The fraction of sp³-hybridized carbons (Fsp3) is 0.143. The molecule has 0 radical (unpaired) electrons. The third-order valence-corrected chi connectivity index (χ3v) is 3.52. The van der Waals surface area contributed by atoms with Gasteiger partial charge in [0.05, 0.1) is 4.01 Å². The Morgan fingerprint density at radius 2 is 2.00 bits per heavy atom. The van der Waals surface area contributed by atoms with E-state index < -0.39 is 10.9 Å². The van der Waals surface area contributed by atoms with Crippen molar-refractivity contribution in [2.75, 3.05) is 0 Å². The molecule has 2 aromatic heterocycles. The van der Waals surface area contributed by atoms with Gasteiger partial charge in [-0.05, 0) is 13.0 Å². The van der Waals surface area contributed by atoms with E-state index in [-0.39, 0.29) is 0 Å². The molecule has 0 saturated carbocycles. The highest BCUT2D eigenvalue weighted by atomic mass is 32.2. The molecule has 0 aliphatic carbocycles. The van der Waals surface area contributed by atoms with Gasteiger partial charge < -0.3 is 0 Å². The first-order valence-electron chi connectivity index (χ1n) is 3.02. The van der Waals surface area contributed by atoms with Crippen LogP contribution in [0.25, 0.3) is 9.40 Å². The van der Waals surface area contributed by atoms with Gasteiger partial charge in [0, 0.05) is 10.3 Å². The van der Waals surface area contributed by atoms with E-state index in [9.17, 15) is 8.78 Å². The minimum Gasteiger partial charge on any atom is -0.202 e. The predicted molar refractivity (Wildman–Crippen MR) is 44.4 cm³/mol. The van der Waals surface area contributed by atoms with Gasteiger partial charge in [-0.1, -0.05) is 11.3 Å². The highest BCUT2D eigenvalue weighted by Gasteiger charge is 2.13. The molecule has 11 heavy (non-hydrogen) atoms. The molecule has 0 amide bonds. The van der Waals surface area contributed by atoms with Crippen molar-refractivity contribution in [1.29, 1.82) is 0 Å². The Bertz CT molecular complexity index is 400. The molecule has 4 heteroatoms. The molecule has 0 spiro atoms. The Hall–Kier alpha value is -0.480. The Morgan fingerprint density at radius 1 is 1.27 bits per heavy atom. The summed E-state index contributed by atoms with van der Waals surface area (Å²) in [7, 11) is 0. The van der Waals surface area contributed by atoms with E-state index in [1.54, 1.807) is 6.07 Å². The lowest BCUT2D eigenvalue weighted by atomic mass is 10.4. The molecular formula is C7H4F2S2. The van der Waals surface area contributed by atoms with Crippen molar-refractivity contribution in [3.05, 3.63) is 21.9 Å². The number of fused-ring (bicyclic) bond motifs is 1. The zero-order valence-corrected chi connectivity index (χ0v) is 7.28. The topological polar surface area (TPSA) is 0 Å². The van der Waals surface area contributed by atoms with Crippen molar-refractivity contribution in [1.82, 2.24) is 0 Å². The highest BCUT2D eigenvalue weighted by Crippen LogP contribution is 2.34. The minimum absolute atomic E-state index is 0.426. The third kappa shape index (κ3) is 0.973. The van der Waals surface area contributed by atoms with Crippen molar-refractivity contribution in [3.63, 3.8) is 0 Å². The summed E-state index contributed by atoms with van der Waals surface area (Å²) in [6.45, 7) is 1.88. The van der Waals surface area contributed by atoms with Gasteiger partial charge in [-0.15, -0.1) is 11.3 Å². The van der Waals surface area contributed by atoms with Crippen LogP contribution in [0.5, 0.6) is 0 Å². The van der Waals surface area contributed by atoms with Gasteiger partial charge in [0.1, 0.15) is 0 Å². The number of aryl methyl sites for hydroxylation is 1. The van der Waals surface area contributed by atoms with Gasteiger partial charge in [0.15, 0.2) is 5.82 Å². The third-order valence-electron chi connectivity index (χ3n) is 1.41. The second-order valence-electron chi connectivity index (χ2n) is 2.25. The molecule has 2 aromatic rings. The SMILES string of the molecule is Cc1cc2c(F)c(F)sc2s1. The van der Waals surface area contributed by atoms with E-state index in [1.165, 1.54) is 11.3 Å². The standard InChI is InChI=1S/C7H4F2S2/c1-3-2-4-5(8)6(9)11-7(4)10-3/h2H,1H3. The summed E-state index contributed by atoms with van der Waals surface area (Å²) in [5.74, 6) is -0.700. The number of rotatable bonds is 0. The Kier molecular flexibility index (Phi) is 1.47. The summed E-state index contributed by atoms with van der Waals surface area (Å²) < 4.78 is 26.1. The first kappa shape index (κ1) is 7.18. The summed E-state index contributed by atoms with van der Waals surface area (Å²) in [5.41, 5.74) is 0. The maximum atomic E-state index is 12.8. The molecule has 0 aromatic carbocycles. The molecule has 0 saturated heterocycles. The molecule has 0 nitrogen and oxygen atoms in total. The van der Waals surface area contributed by atoms with Gasteiger partial charge >= 0.3 is 0 Å². The molecule has 2 rings (SSSR count). The zero-order valence-electron chi connectivity index (χ0n) is 5.65. The maximum Gasteiger partial charge on any atom is 0.214 e. The lowest BCUT2D eigenvalue weighted by Crippen LogP contribution is -1.69. The lowest BCUT2D eigenvalue weighted by Gasteiger charge is -1.77. The van der Waals surface area contributed by atoms with Crippen LogP contribution < -0.4 is 0 Å². The second-order valence-corrected chi connectivity index (χ2v) is 4.73. The number of halogens is 2. The van der Waals surface area contributed by atoms with Crippen molar-refractivity contribution in [2.24, 2.45) is 0 Å². The molecular weight excluding hydrogens is 186 g/mol. The fourth-order valence-electron chi connectivity index (χ4n) is 0.954. The highest BCUT2D eigenvalue weighted by molar-refractivity contribution is 7.37. The average molecular weight is 190 g/mol. The summed E-state index contributed by atoms with van der Waals surface area (Å²) >= 11 is 2.30. The minimum atomic E-state index is -0.703. The molecule has 2 heterocycles. The van der Waals surface area contributed by atoms with E-state index >= 15 is 0 Å². The zero-order chi connectivity index (χ0) is 8.01. The lowest BCUT2D eigenvalue weighted by molar-refractivity contribution is 0.538. The monoisotopic (exact) mass is 190 g/mol. The summed E-state index contributed by atoms with van der Waals surface area (Å²) in [5, 5.41) is -0.277. The van der Waals surface area contributed by atoms with E-state index in [0.717, 1.165) is 20.2 Å². The van der Waals surface area contributed by atoms with Crippen LogP contribution in [0.15, 0.2) is 6.07 Å². The molecule has 0 N–H and O–H groups in total. The van der Waals surface area contributed by atoms with Crippen LogP contribution in [0.2, 0.25) is 0 Å². The van der Waals surface area contributed by atoms with Gasteiger partial charge in [0.2, 0.25) is 5.13 Å². The Labute approximate surface area is 70.1 Å². The Morgan fingerprint density at radius 3 is 2.64 bits per heavy atom. The fourth-order valence-corrected chi connectivity index (χ4v) is 3.08. The summed E-state index contributed by atoms with van der Waals surface area (Å²) in [6.07, 6.45) is 0. The van der Waals surface area contributed by atoms with Crippen LogP contribution in [0, 0.1) is 17.9 Å². The molecule has 0 fully saturated rings. The van der Waals surface area contributed by atoms with Crippen molar-refractivity contribution in [2.45, 2.75) is 6.92 Å². The van der Waals surface area contributed by atoms with Crippen LogP contribution in [0.4, 0.5) is 8.78 Å². The van der Waals surface area contributed by atoms with Gasteiger partial charge in [-0.25, -0.2) is 4.39 Å². The van der Waals surface area contributed by atoms with Crippen LogP contribution in [0.1, 0.15) is 4.88 Å². The molecule has 58 valence electrons. The summed E-state index contributed by atoms with van der Waals surface area (Å²) in [4.78, 5) is 1.02. The number of thiophene rings is 2.